The van der Waals surface area contributed by atoms with Gasteiger partial charge < -0.3 is 0 Å². The number of ketones is 1. The van der Waals surface area contributed by atoms with Gasteiger partial charge in [-0.25, -0.2) is 0 Å². The monoisotopic (exact) mass is 394 g/mol. The number of para-hydroxylation sites is 1. The third-order valence-electron chi connectivity index (χ3n) is 4.78. The SMILES string of the molecule is Cc1cccc(C)c1-n1nnnc1S[C@H](C)C(=O)c1ccc(C(C)(C)C)cc1. The van der Waals surface area contributed by atoms with Gasteiger partial charge in [-0.15, -0.1) is 5.10 Å². The van der Waals surface area contributed by atoms with Gasteiger partial charge in [-0.2, -0.15) is 4.68 Å². The largest absolute Gasteiger partial charge is 0.293 e. The third-order valence-corrected chi connectivity index (χ3v) is 5.81. The summed E-state index contributed by atoms with van der Waals surface area (Å²) >= 11 is 1.38. The number of thioether (sulfide) groups is 1. The highest BCUT2D eigenvalue weighted by atomic mass is 32.2. The highest BCUT2D eigenvalue weighted by molar-refractivity contribution is 8.00. The molecule has 0 saturated heterocycles. The number of aromatic nitrogens is 4. The van der Waals surface area contributed by atoms with Crippen molar-refractivity contribution >= 4 is 17.5 Å². The first-order valence-corrected chi connectivity index (χ1v) is 10.2. The Morgan fingerprint density at radius 2 is 1.64 bits per heavy atom. The Labute approximate surface area is 170 Å². The fourth-order valence-electron chi connectivity index (χ4n) is 3.11. The van der Waals surface area contributed by atoms with Gasteiger partial charge in [-0.1, -0.05) is 75.0 Å². The molecular weight excluding hydrogens is 368 g/mol. The van der Waals surface area contributed by atoms with Gasteiger partial charge in [-0.3, -0.25) is 4.79 Å². The lowest BCUT2D eigenvalue weighted by molar-refractivity contribution is 0.0994. The maximum atomic E-state index is 12.9. The van der Waals surface area contributed by atoms with E-state index in [0.29, 0.717) is 10.7 Å². The number of hydrogen-bond donors (Lipinski definition) is 0. The van der Waals surface area contributed by atoms with Crippen molar-refractivity contribution < 1.29 is 4.79 Å². The molecule has 0 unspecified atom stereocenters. The van der Waals surface area contributed by atoms with Crippen molar-refractivity contribution in [1.82, 2.24) is 20.2 Å². The molecule has 146 valence electrons. The second kappa shape index (κ2) is 7.87. The van der Waals surface area contributed by atoms with Crippen LogP contribution in [-0.4, -0.2) is 31.2 Å². The predicted molar refractivity (Wildman–Crippen MR) is 113 cm³/mol. The van der Waals surface area contributed by atoms with Crippen LogP contribution < -0.4 is 0 Å². The molecule has 0 fully saturated rings. The average molecular weight is 395 g/mol. The van der Waals surface area contributed by atoms with E-state index in [1.54, 1.807) is 4.68 Å². The van der Waals surface area contributed by atoms with Crippen molar-refractivity contribution in [3.05, 3.63) is 64.7 Å². The summed E-state index contributed by atoms with van der Waals surface area (Å²) in [4.78, 5) is 12.9. The molecule has 28 heavy (non-hydrogen) atoms. The lowest BCUT2D eigenvalue weighted by Gasteiger charge is -2.19. The Morgan fingerprint density at radius 1 is 1.04 bits per heavy atom. The number of hydrogen-bond acceptors (Lipinski definition) is 5. The molecule has 0 bridgehead atoms. The van der Waals surface area contributed by atoms with Gasteiger partial charge in [-0.05, 0) is 53.3 Å². The first-order valence-electron chi connectivity index (χ1n) is 9.35. The van der Waals surface area contributed by atoms with Gasteiger partial charge in [0, 0.05) is 5.56 Å². The molecule has 1 heterocycles. The van der Waals surface area contributed by atoms with Gasteiger partial charge >= 0.3 is 0 Å². The summed E-state index contributed by atoms with van der Waals surface area (Å²) in [7, 11) is 0. The standard InChI is InChI=1S/C22H26N4OS/c1-14-8-7-9-15(2)19(14)26-21(23-24-25-26)28-16(3)20(27)17-10-12-18(13-11-17)22(4,5)6/h7-13,16H,1-6H3/t16-/m1/s1. The molecule has 0 aliphatic rings. The molecule has 6 heteroatoms. The maximum absolute atomic E-state index is 12.9. The summed E-state index contributed by atoms with van der Waals surface area (Å²) in [6.07, 6.45) is 0. The number of benzene rings is 2. The van der Waals surface area contributed by atoms with E-state index in [2.05, 4.69) is 36.3 Å². The smallest absolute Gasteiger partial charge is 0.214 e. The fourth-order valence-corrected chi connectivity index (χ4v) is 3.98. The maximum Gasteiger partial charge on any atom is 0.214 e. The minimum Gasteiger partial charge on any atom is -0.293 e. The van der Waals surface area contributed by atoms with Crippen molar-refractivity contribution in [2.45, 2.75) is 57.4 Å². The van der Waals surface area contributed by atoms with E-state index in [1.165, 1.54) is 17.3 Å². The Balaban J connectivity index is 1.82. The minimum absolute atomic E-state index is 0.0649. The van der Waals surface area contributed by atoms with Crippen LogP contribution in [0.25, 0.3) is 5.69 Å². The molecule has 0 radical (unpaired) electrons. The molecule has 0 spiro atoms. The molecule has 1 aromatic heterocycles. The first kappa shape index (κ1) is 20.3. The molecule has 0 amide bonds. The molecule has 2 aromatic carbocycles. The van der Waals surface area contributed by atoms with E-state index in [0.717, 1.165) is 16.8 Å². The van der Waals surface area contributed by atoms with Gasteiger partial charge in [0.15, 0.2) is 5.78 Å². The number of rotatable bonds is 5. The van der Waals surface area contributed by atoms with Crippen LogP contribution in [0, 0.1) is 13.8 Å². The molecule has 3 rings (SSSR count). The number of aryl methyl sites for hydroxylation is 2. The number of Topliss-reactive ketones (excluding diaryl/α,β-unsaturated/α-hetero) is 1. The van der Waals surface area contributed by atoms with Crippen molar-refractivity contribution in [2.24, 2.45) is 0 Å². The van der Waals surface area contributed by atoms with Gasteiger partial charge in [0.2, 0.25) is 5.16 Å². The van der Waals surface area contributed by atoms with Crippen molar-refractivity contribution in [3.63, 3.8) is 0 Å². The molecule has 5 nitrogen and oxygen atoms in total. The zero-order chi connectivity index (χ0) is 20.5. The van der Waals surface area contributed by atoms with Crippen LogP contribution >= 0.6 is 11.8 Å². The first-order chi connectivity index (χ1) is 13.2. The summed E-state index contributed by atoms with van der Waals surface area (Å²) in [6.45, 7) is 12.4. The summed E-state index contributed by atoms with van der Waals surface area (Å²) in [5, 5.41) is 12.5. The van der Waals surface area contributed by atoms with Crippen molar-refractivity contribution in [1.29, 1.82) is 0 Å². The third kappa shape index (κ3) is 4.17. The fraction of sp³-hybridized carbons (Fsp3) is 0.364. The minimum atomic E-state index is -0.297. The lowest BCUT2D eigenvalue weighted by atomic mass is 9.86. The average Bonchev–Trinajstić information content (AvgIpc) is 3.08. The highest BCUT2D eigenvalue weighted by Crippen LogP contribution is 2.28. The quantitative estimate of drug-likeness (QED) is 0.453. The molecule has 0 aliphatic carbocycles. The number of nitrogens with zero attached hydrogens (tertiary/aromatic N) is 4. The molecule has 0 saturated carbocycles. The molecule has 0 N–H and O–H groups in total. The van der Waals surface area contributed by atoms with E-state index in [9.17, 15) is 4.79 Å². The van der Waals surface area contributed by atoms with Crippen LogP contribution in [0.1, 0.15) is 54.7 Å². The zero-order valence-electron chi connectivity index (χ0n) is 17.2. The van der Waals surface area contributed by atoms with Crippen molar-refractivity contribution in [3.8, 4) is 5.69 Å². The topological polar surface area (TPSA) is 60.7 Å². The summed E-state index contributed by atoms with van der Waals surface area (Å²) in [5.41, 5.74) is 5.12. The van der Waals surface area contributed by atoms with Crippen LogP contribution in [0.3, 0.4) is 0 Å². The van der Waals surface area contributed by atoms with Crippen LogP contribution in [0.5, 0.6) is 0 Å². The Bertz CT molecular complexity index is 966. The number of carbonyl (C=O) groups excluding carboxylic acids is 1. The van der Waals surface area contributed by atoms with Crippen LogP contribution in [0.15, 0.2) is 47.6 Å². The van der Waals surface area contributed by atoms with E-state index < -0.39 is 0 Å². The second-order valence-electron chi connectivity index (χ2n) is 8.07. The van der Waals surface area contributed by atoms with Crippen molar-refractivity contribution in [2.75, 3.05) is 0 Å². The Hall–Kier alpha value is -2.47. The van der Waals surface area contributed by atoms with Crippen LogP contribution in [-0.2, 0) is 5.41 Å². The predicted octanol–water partition coefficient (Wildman–Crippen LogP) is 4.94. The summed E-state index contributed by atoms with van der Waals surface area (Å²) < 4.78 is 1.72. The van der Waals surface area contributed by atoms with E-state index >= 15 is 0 Å². The number of carbonyl (C=O) groups is 1. The zero-order valence-corrected chi connectivity index (χ0v) is 18.0. The molecule has 1 atom stereocenters. The van der Waals surface area contributed by atoms with E-state index in [-0.39, 0.29) is 16.4 Å². The van der Waals surface area contributed by atoms with Gasteiger partial charge in [0.25, 0.3) is 0 Å². The molecular formula is C22H26N4OS. The van der Waals surface area contributed by atoms with E-state index in [1.807, 2.05) is 63.2 Å². The second-order valence-corrected chi connectivity index (χ2v) is 9.37. The van der Waals surface area contributed by atoms with Crippen LogP contribution in [0.4, 0.5) is 0 Å². The van der Waals surface area contributed by atoms with Gasteiger partial charge in [0.05, 0.1) is 10.9 Å². The molecule has 3 aromatic rings. The lowest BCUT2D eigenvalue weighted by Crippen LogP contribution is -2.16. The Kier molecular flexibility index (Phi) is 5.70. The molecule has 0 aliphatic heterocycles. The highest BCUT2D eigenvalue weighted by Gasteiger charge is 2.22. The van der Waals surface area contributed by atoms with Gasteiger partial charge in [0.1, 0.15) is 0 Å². The normalized spacial score (nSPS) is 12.8. The van der Waals surface area contributed by atoms with Crippen LogP contribution in [0.2, 0.25) is 0 Å². The summed E-state index contributed by atoms with van der Waals surface area (Å²) in [6, 6.07) is 14.0. The Morgan fingerprint density at radius 3 is 2.21 bits per heavy atom. The number of tetrazole rings is 1. The summed E-state index contributed by atoms with van der Waals surface area (Å²) in [5.74, 6) is 0.0708. The van der Waals surface area contributed by atoms with E-state index in [4.69, 9.17) is 0 Å².